The molecule has 1 unspecified atom stereocenters. The van der Waals surface area contributed by atoms with Gasteiger partial charge in [-0.25, -0.2) is 0 Å². The number of hydrogen-bond donors (Lipinski definition) is 2. The van der Waals surface area contributed by atoms with Crippen LogP contribution in [0.4, 0.5) is 0 Å². The molecule has 0 bridgehead atoms. The molecule has 0 spiro atoms. The Hall–Kier alpha value is -1.06. The summed E-state index contributed by atoms with van der Waals surface area (Å²) in [5.41, 5.74) is 3.65. The minimum atomic E-state index is 0. The van der Waals surface area contributed by atoms with Crippen LogP contribution in [-0.4, -0.2) is 25.5 Å². The van der Waals surface area contributed by atoms with Crippen LogP contribution in [0.1, 0.15) is 53.6 Å². The summed E-state index contributed by atoms with van der Waals surface area (Å²) >= 11 is 0. The van der Waals surface area contributed by atoms with Crippen molar-refractivity contribution in [3.63, 3.8) is 0 Å². The van der Waals surface area contributed by atoms with Crippen molar-refractivity contribution < 1.29 is 4.79 Å². The molecule has 0 aromatic heterocycles. The monoisotopic (exact) mass is 322 g/mol. The second kappa shape index (κ2) is 8.54. The Morgan fingerprint density at radius 3 is 2.77 bits per heavy atom. The topological polar surface area (TPSA) is 41.1 Å². The normalized spacial score (nSPS) is 20.6. The van der Waals surface area contributed by atoms with Gasteiger partial charge in [-0.15, -0.1) is 12.4 Å². The van der Waals surface area contributed by atoms with E-state index in [0.29, 0.717) is 0 Å². The Labute approximate surface area is 139 Å². The molecule has 2 N–H and O–H groups in total. The van der Waals surface area contributed by atoms with Crippen molar-refractivity contribution in [2.24, 2.45) is 5.92 Å². The quantitative estimate of drug-likeness (QED) is 0.894. The lowest BCUT2D eigenvalue weighted by Crippen LogP contribution is -2.33. The van der Waals surface area contributed by atoms with E-state index in [4.69, 9.17) is 0 Å². The third-order valence-corrected chi connectivity index (χ3v) is 4.85. The summed E-state index contributed by atoms with van der Waals surface area (Å²) in [6.07, 6.45) is 8.49. The zero-order valence-corrected chi connectivity index (χ0v) is 14.0. The second-order valence-electron chi connectivity index (χ2n) is 6.45. The molecular weight excluding hydrogens is 296 g/mol. The number of fused-ring (bicyclic) bond motifs is 1. The van der Waals surface area contributed by atoms with E-state index in [9.17, 15) is 4.79 Å². The Morgan fingerprint density at radius 2 is 2.00 bits per heavy atom. The number of hydrogen-bond acceptors (Lipinski definition) is 2. The number of rotatable bonds is 4. The molecule has 4 heteroatoms. The van der Waals surface area contributed by atoms with Crippen molar-refractivity contribution in [1.29, 1.82) is 0 Å². The van der Waals surface area contributed by atoms with E-state index in [0.717, 1.165) is 44.0 Å². The van der Waals surface area contributed by atoms with Gasteiger partial charge < -0.3 is 10.6 Å². The van der Waals surface area contributed by atoms with Crippen LogP contribution in [0.15, 0.2) is 18.2 Å². The van der Waals surface area contributed by atoms with Crippen LogP contribution < -0.4 is 10.6 Å². The lowest BCUT2D eigenvalue weighted by atomic mass is 9.90. The fourth-order valence-corrected chi connectivity index (χ4v) is 3.54. The molecule has 1 heterocycles. The maximum atomic E-state index is 12.2. The highest BCUT2D eigenvalue weighted by Crippen LogP contribution is 2.22. The molecule has 1 aromatic carbocycles. The summed E-state index contributed by atoms with van der Waals surface area (Å²) in [5.74, 6) is 0.815. The van der Waals surface area contributed by atoms with Crippen molar-refractivity contribution in [1.82, 2.24) is 10.6 Å². The van der Waals surface area contributed by atoms with Gasteiger partial charge in [0.05, 0.1) is 0 Å². The maximum absolute atomic E-state index is 12.2. The average molecular weight is 323 g/mol. The fourth-order valence-electron chi connectivity index (χ4n) is 3.54. The van der Waals surface area contributed by atoms with Crippen molar-refractivity contribution >= 4 is 18.3 Å². The number of carbonyl (C=O) groups is 1. The molecule has 1 aliphatic carbocycles. The van der Waals surface area contributed by atoms with Gasteiger partial charge in [0.25, 0.3) is 5.91 Å². The van der Waals surface area contributed by atoms with E-state index >= 15 is 0 Å². The first-order valence-corrected chi connectivity index (χ1v) is 8.43. The molecule has 1 amide bonds. The smallest absolute Gasteiger partial charge is 0.251 e. The highest BCUT2D eigenvalue weighted by atomic mass is 35.5. The molecule has 1 saturated heterocycles. The van der Waals surface area contributed by atoms with Crippen LogP contribution in [0.2, 0.25) is 0 Å². The second-order valence-corrected chi connectivity index (χ2v) is 6.45. The number of aryl methyl sites for hydroxylation is 2. The third-order valence-electron chi connectivity index (χ3n) is 4.85. The SMILES string of the molecule is Cl.O=C(NCCC1CCCNC1)c1ccc2c(c1)CCCC2. The van der Waals surface area contributed by atoms with Gasteiger partial charge in [0.1, 0.15) is 0 Å². The highest BCUT2D eigenvalue weighted by Gasteiger charge is 2.15. The van der Waals surface area contributed by atoms with Crippen molar-refractivity contribution in [3.05, 3.63) is 34.9 Å². The first-order chi connectivity index (χ1) is 10.3. The third kappa shape index (κ3) is 4.47. The van der Waals surface area contributed by atoms with Gasteiger partial charge in [-0.2, -0.15) is 0 Å². The Bertz CT molecular complexity index is 498. The fraction of sp³-hybridized carbons (Fsp3) is 0.611. The molecule has 1 aromatic rings. The zero-order chi connectivity index (χ0) is 14.5. The van der Waals surface area contributed by atoms with Crippen molar-refractivity contribution in [2.75, 3.05) is 19.6 Å². The van der Waals surface area contributed by atoms with E-state index in [1.807, 2.05) is 6.07 Å². The molecule has 1 atom stereocenters. The van der Waals surface area contributed by atoms with Crippen molar-refractivity contribution in [2.45, 2.75) is 44.9 Å². The largest absolute Gasteiger partial charge is 0.352 e. The average Bonchev–Trinajstić information content (AvgIpc) is 2.55. The van der Waals surface area contributed by atoms with Gasteiger partial charge in [-0.1, -0.05) is 6.07 Å². The van der Waals surface area contributed by atoms with E-state index in [1.165, 1.54) is 43.2 Å². The molecule has 122 valence electrons. The summed E-state index contributed by atoms with van der Waals surface area (Å²) in [6, 6.07) is 6.24. The molecule has 3 nitrogen and oxygen atoms in total. The summed E-state index contributed by atoms with van der Waals surface area (Å²) in [5, 5.41) is 6.51. The molecular formula is C18H27ClN2O. The minimum Gasteiger partial charge on any atom is -0.352 e. The number of amides is 1. The van der Waals surface area contributed by atoms with Crippen LogP contribution >= 0.6 is 12.4 Å². The molecule has 2 aliphatic rings. The van der Waals surface area contributed by atoms with Gasteiger partial charge in [0.2, 0.25) is 0 Å². The van der Waals surface area contributed by atoms with Crippen LogP contribution in [0.5, 0.6) is 0 Å². The highest BCUT2D eigenvalue weighted by molar-refractivity contribution is 5.94. The van der Waals surface area contributed by atoms with E-state index in [1.54, 1.807) is 0 Å². The molecule has 1 fully saturated rings. The van der Waals surface area contributed by atoms with Crippen LogP contribution in [0.25, 0.3) is 0 Å². The molecule has 0 saturated carbocycles. The Balaban J connectivity index is 0.00000176. The number of halogens is 1. The number of carbonyl (C=O) groups excluding carboxylic acids is 1. The predicted octanol–water partition coefficient (Wildman–Crippen LogP) is 3.11. The van der Waals surface area contributed by atoms with Gasteiger partial charge in [0.15, 0.2) is 0 Å². The number of piperidine rings is 1. The number of nitrogens with one attached hydrogen (secondary N) is 2. The summed E-state index contributed by atoms with van der Waals surface area (Å²) < 4.78 is 0. The van der Waals surface area contributed by atoms with Gasteiger partial charge in [-0.05, 0) is 87.2 Å². The van der Waals surface area contributed by atoms with Crippen LogP contribution in [-0.2, 0) is 12.8 Å². The Kier molecular flexibility index (Phi) is 6.71. The molecule has 1 aliphatic heterocycles. The van der Waals surface area contributed by atoms with E-state index in [2.05, 4.69) is 22.8 Å². The molecule has 0 radical (unpaired) electrons. The standard InChI is InChI=1S/C18H26N2O.ClH/c21-18(20-11-9-14-4-3-10-19-13-14)17-8-7-15-5-1-2-6-16(15)12-17;/h7-8,12,14,19H,1-6,9-11,13H2,(H,20,21);1H. The van der Waals surface area contributed by atoms with Gasteiger partial charge in [-0.3, -0.25) is 4.79 Å². The van der Waals surface area contributed by atoms with Crippen LogP contribution in [0, 0.1) is 5.92 Å². The van der Waals surface area contributed by atoms with E-state index in [-0.39, 0.29) is 18.3 Å². The first kappa shape index (κ1) is 17.3. The van der Waals surface area contributed by atoms with Gasteiger partial charge in [0, 0.05) is 12.1 Å². The summed E-state index contributed by atoms with van der Waals surface area (Å²) in [6.45, 7) is 3.05. The summed E-state index contributed by atoms with van der Waals surface area (Å²) in [7, 11) is 0. The summed E-state index contributed by atoms with van der Waals surface area (Å²) in [4.78, 5) is 12.2. The lowest BCUT2D eigenvalue weighted by Gasteiger charge is -2.22. The zero-order valence-electron chi connectivity index (χ0n) is 13.2. The predicted molar refractivity (Wildman–Crippen MR) is 92.9 cm³/mol. The van der Waals surface area contributed by atoms with Crippen molar-refractivity contribution in [3.8, 4) is 0 Å². The molecule has 22 heavy (non-hydrogen) atoms. The number of benzene rings is 1. The minimum absolute atomic E-state index is 0. The lowest BCUT2D eigenvalue weighted by molar-refractivity contribution is 0.0950. The van der Waals surface area contributed by atoms with Gasteiger partial charge >= 0.3 is 0 Å². The van der Waals surface area contributed by atoms with Crippen LogP contribution in [0.3, 0.4) is 0 Å². The Morgan fingerprint density at radius 1 is 1.18 bits per heavy atom. The first-order valence-electron chi connectivity index (χ1n) is 8.43. The maximum Gasteiger partial charge on any atom is 0.251 e. The molecule has 3 rings (SSSR count). The van der Waals surface area contributed by atoms with E-state index < -0.39 is 0 Å².